The van der Waals surface area contributed by atoms with Crippen molar-refractivity contribution in [2.45, 2.75) is 76.6 Å². The van der Waals surface area contributed by atoms with E-state index in [9.17, 15) is 19.8 Å². The molecular weight excluding hydrogens is 363 g/mol. The van der Waals surface area contributed by atoms with E-state index in [4.69, 9.17) is 0 Å². The minimum Gasteiger partial charge on any atom is -0.481 e. The van der Waals surface area contributed by atoms with Crippen LogP contribution in [0.15, 0.2) is 23.9 Å². The predicted octanol–water partition coefficient (Wildman–Crippen LogP) is 2.68. The Kier molecular flexibility index (Phi) is 7.26. The van der Waals surface area contributed by atoms with Crippen LogP contribution < -0.4 is 10.6 Å². The van der Waals surface area contributed by atoms with E-state index in [1.807, 2.05) is 13.8 Å². The zero-order valence-electron chi connectivity index (χ0n) is 17.0. The Bertz CT molecular complexity index is 640. The number of amides is 1. The molecule has 4 N–H and O–H groups in total. The molecule has 0 aliphatic heterocycles. The van der Waals surface area contributed by atoms with Crippen LogP contribution in [-0.2, 0) is 9.59 Å². The first kappa shape index (κ1) is 22.4. The van der Waals surface area contributed by atoms with Crippen molar-refractivity contribution in [3.05, 3.63) is 23.9 Å². The second-order valence-corrected chi connectivity index (χ2v) is 8.53. The minimum atomic E-state index is -2.46. The average Bonchev–Trinajstić information content (AvgIpc) is 2.67. The van der Waals surface area contributed by atoms with E-state index in [2.05, 4.69) is 10.6 Å². The maximum Gasteiger partial charge on any atom is 0.314 e. The van der Waals surface area contributed by atoms with Crippen molar-refractivity contribution in [3.8, 4) is 0 Å². The van der Waals surface area contributed by atoms with Gasteiger partial charge in [0.25, 0.3) is 0 Å². The maximum absolute atomic E-state index is 15.9. The Morgan fingerprint density at radius 2 is 1.96 bits per heavy atom. The number of nitrogens with one attached hydrogen (secondary N) is 2. The van der Waals surface area contributed by atoms with Gasteiger partial charge in [0.1, 0.15) is 5.92 Å². The normalized spacial score (nSPS) is 27.0. The van der Waals surface area contributed by atoms with Gasteiger partial charge >= 0.3 is 5.97 Å². The SMILES string of the molecule is CCC(O)C1(F)C(NC(C)(C)CNC(=O)C2CCCCC2)=CC=CC1C(=O)O. The summed E-state index contributed by atoms with van der Waals surface area (Å²) in [6, 6.07) is 0. The van der Waals surface area contributed by atoms with Crippen molar-refractivity contribution in [1.29, 1.82) is 0 Å². The molecule has 1 saturated carbocycles. The van der Waals surface area contributed by atoms with E-state index in [-0.39, 0.29) is 30.5 Å². The smallest absolute Gasteiger partial charge is 0.314 e. The van der Waals surface area contributed by atoms with Crippen LogP contribution in [0.3, 0.4) is 0 Å². The molecule has 3 unspecified atom stereocenters. The molecule has 1 fully saturated rings. The molecule has 7 heteroatoms. The van der Waals surface area contributed by atoms with E-state index in [1.54, 1.807) is 6.92 Å². The molecule has 28 heavy (non-hydrogen) atoms. The molecule has 1 amide bonds. The first-order chi connectivity index (χ1) is 13.1. The highest BCUT2D eigenvalue weighted by molar-refractivity contribution is 5.78. The number of carboxylic acid groups (broad SMARTS) is 1. The number of aliphatic hydroxyl groups is 1. The summed E-state index contributed by atoms with van der Waals surface area (Å²) < 4.78 is 15.9. The first-order valence-electron chi connectivity index (χ1n) is 10.2. The summed E-state index contributed by atoms with van der Waals surface area (Å²) in [7, 11) is 0. The molecule has 0 saturated heterocycles. The third-order valence-corrected chi connectivity index (χ3v) is 5.72. The minimum absolute atomic E-state index is 0.00983. The molecule has 3 atom stereocenters. The van der Waals surface area contributed by atoms with Crippen molar-refractivity contribution in [1.82, 2.24) is 10.6 Å². The summed E-state index contributed by atoms with van der Waals surface area (Å²) >= 11 is 0. The van der Waals surface area contributed by atoms with Gasteiger partial charge in [0, 0.05) is 18.0 Å². The molecule has 2 aliphatic carbocycles. The Hall–Kier alpha value is -1.89. The van der Waals surface area contributed by atoms with Crippen LogP contribution in [0.5, 0.6) is 0 Å². The van der Waals surface area contributed by atoms with Crippen LogP contribution in [0, 0.1) is 11.8 Å². The second-order valence-electron chi connectivity index (χ2n) is 8.53. The molecule has 2 rings (SSSR count). The molecule has 6 nitrogen and oxygen atoms in total. The van der Waals surface area contributed by atoms with Crippen molar-refractivity contribution in [3.63, 3.8) is 0 Å². The van der Waals surface area contributed by atoms with Crippen molar-refractivity contribution in [2.75, 3.05) is 6.54 Å². The molecule has 0 aromatic carbocycles. The van der Waals surface area contributed by atoms with Gasteiger partial charge in [0.05, 0.1) is 11.8 Å². The topological polar surface area (TPSA) is 98.7 Å². The van der Waals surface area contributed by atoms with Gasteiger partial charge in [-0.3, -0.25) is 9.59 Å². The summed E-state index contributed by atoms with van der Waals surface area (Å²) in [6.45, 7) is 5.49. The van der Waals surface area contributed by atoms with E-state index in [0.717, 1.165) is 25.7 Å². The van der Waals surface area contributed by atoms with E-state index >= 15 is 4.39 Å². The van der Waals surface area contributed by atoms with Gasteiger partial charge in [0.15, 0.2) is 5.67 Å². The van der Waals surface area contributed by atoms with Crippen LogP contribution in [0.25, 0.3) is 0 Å². The zero-order valence-corrected chi connectivity index (χ0v) is 17.0. The fourth-order valence-electron chi connectivity index (χ4n) is 4.01. The Morgan fingerprint density at radius 1 is 1.32 bits per heavy atom. The van der Waals surface area contributed by atoms with E-state index in [0.29, 0.717) is 0 Å². The number of aliphatic hydroxyl groups excluding tert-OH is 1. The highest BCUT2D eigenvalue weighted by Gasteiger charge is 2.52. The lowest BCUT2D eigenvalue weighted by molar-refractivity contribution is -0.148. The Balaban J connectivity index is 2.09. The molecular formula is C21H33FN2O4. The van der Waals surface area contributed by atoms with Crippen LogP contribution in [0.4, 0.5) is 4.39 Å². The van der Waals surface area contributed by atoms with Gasteiger partial charge < -0.3 is 20.8 Å². The lowest BCUT2D eigenvalue weighted by Gasteiger charge is -2.41. The summed E-state index contributed by atoms with van der Waals surface area (Å²) in [6.07, 6.45) is 7.89. The first-order valence-corrected chi connectivity index (χ1v) is 10.2. The number of carboxylic acids is 1. The monoisotopic (exact) mass is 396 g/mol. The molecule has 0 aromatic rings. The molecule has 0 aromatic heterocycles. The largest absolute Gasteiger partial charge is 0.481 e. The number of hydrogen-bond donors (Lipinski definition) is 4. The summed E-state index contributed by atoms with van der Waals surface area (Å²) in [5.74, 6) is -2.78. The molecule has 0 heterocycles. The highest BCUT2D eigenvalue weighted by atomic mass is 19.1. The number of carbonyl (C=O) groups excluding carboxylic acids is 1. The number of rotatable bonds is 8. The van der Waals surface area contributed by atoms with Gasteiger partial charge in [-0.25, -0.2) is 4.39 Å². The third-order valence-electron chi connectivity index (χ3n) is 5.72. The highest BCUT2D eigenvalue weighted by Crippen LogP contribution is 2.39. The number of aliphatic carboxylic acids is 1. The Morgan fingerprint density at radius 3 is 2.54 bits per heavy atom. The molecule has 0 spiro atoms. The van der Waals surface area contributed by atoms with Crippen molar-refractivity contribution >= 4 is 11.9 Å². The average molecular weight is 397 g/mol. The van der Waals surface area contributed by atoms with Crippen LogP contribution in [0.1, 0.15) is 59.3 Å². The fraction of sp³-hybridized carbons (Fsp3) is 0.714. The van der Waals surface area contributed by atoms with E-state index < -0.39 is 29.2 Å². The van der Waals surface area contributed by atoms with Crippen LogP contribution in [0.2, 0.25) is 0 Å². The number of allylic oxidation sites excluding steroid dienone is 2. The molecule has 158 valence electrons. The van der Waals surface area contributed by atoms with Gasteiger partial charge in [-0.15, -0.1) is 0 Å². The lowest BCUT2D eigenvalue weighted by Crippen LogP contribution is -2.58. The van der Waals surface area contributed by atoms with E-state index in [1.165, 1.54) is 24.6 Å². The molecule has 0 bridgehead atoms. The van der Waals surface area contributed by atoms with Crippen LogP contribution >= 0.6 is 0 Å². The second kappa shape index (κ2) is 9.07. The van der Waals surface area contributed by atoms with Gasteiger partial charge in [0.2, 0.25) is 5.91 Å². The number of hydrogen-bond acceptors (Lipinski definition) is 4. The zero-order chi connectivity index (χ0) is 20.9. The number of alkyl halides is 1. The maximum atomic E-state index is 15.9. The fourth-order valence-corrected chi connectivity index (χ4v) is 4.01. The standard InChI is InChI=1S/C21H33FN2O4/c1-4-17(25)21(22)15(19(27)28)11-8-12-16(21)24-20(2,3)13-23-18(26)14-9-6-5-7-10-14/h8,11-12,14-15,17,24-25H,4-7,9-10,13H2,1-3H3,(H,23,26)(H,27,28). The number of halogens is 1. The predicted molar refractivity (Wildman–Crippen MR) is 105 cm³/mol. The van der Waals surface area contributed by atoms with Crippen molar-refractivity contribution < 1.29 is 24.2 Å². The summed E-state index contributed by atoms with van der Waals surface area (Å²) in [5.41, 5.74) is -3.16. The van der Waals surface area contributed by atoms with Gasteiger partial charge in [-0.2, -0.15) is 0 Å². The van der Waals surface area contributed by atoms with Gasteiger partial charge in [-0.05, 0) is 39.2 Å². The van der Waals surface area contributed by atoms with Crippen molar-refractivity contribution in [2.24, 2.45) is 11.8 Å². The molecule has 0 radical (unpaired) electrons. The number of carbonyl (C=O) groups is 2. The lowest BCUT2D eigenvalue weighted by atomic mass is 9.77. The van der Waals surface area contributed by atoms with Crippen LogP contribution in [-0.4, -0.2) is 45.9 Å². The Labute approximate surface area is 166 Å². The van der Waals surface area contributed by atoms with Gasteiger partial charge in [-0.1, -0.05) is 38.3 Å². The third kappa shape index (κ3) is 4.93. The summed E-state index contributed by atoms with van der Waals surface area (Å²) in [4.78, 5) is 24.0. The quantitative estimate of drug-likeness (QED) is 0.506. The molecule has 2 aliphatic rings. The summed E-state index contributed by atoms with van der Waals surface area (Å²) in [5, 5.41) is 25.7.